The molecule has 1 N–H and O–H groups in total. The average Bonchev–Trinajstić information content (AvgIpc) is 2.15. The first-order valence-electron chi connectivity index (χ1n) is 5.93. The van der Waals surface area contributed by atoms with Crippen LogP contribution in [-0.2, 0) is 9.84 Å². The number of sulfone groups is 1. The summed E-state index contributed by atoms with van der Waals surface area (Å²) in [6.45, 7) is 6.34. The molecule has 0 aliphatic heterocycles. The maximum atomic E-state index is 11.6. The average molecular weight is 250 g/mol. The van der Waals surface area contributed by atoms with E-state index in [-0.39, 0.29) is 11.7 Å². The third-order valence-corrected chi connectivity index (χ3v) is 4.46. The standard InChI is InChI=1S/C11H26N2O2S/c1-5-11(2)10-16(14,15)9-7-12-6-8-13(3)4/h11-12H,5-10H2,1-4H3. The smallest absolute Gasteiger partial charge is 0.151 e. The number of hydrogen-bond donors (Lipinski definition) is 1. The van der Waals surface area contributed by atoms with Crippen LogP contribution in [0.3, 0.4) is 0 Å². The zero-order valence-corrected chi connectivity index (χ0v) is 11.8. The van der Waals surface area contributed by atoms with Crippen molar-refractivity contribution < 1.29 is 8.42 Å². The summed E-state index contributed by atoms with van der Waals surface area (Å²) in [5.74, 6) is 0.843. The molecule has 0 fully saturated rings. The van der Waals surface area contributed by atoms with Crippen LogP contribution in [0.2, 0.25) is 0 Å². The fraction of sp³-hybridized carbons (Fsp3) is 1.00. The lowest BCUT2D eigenvalue weighted by atomic mass is 10.2. The first kappa shape index (κ1) is 15.9. The molecule has 0 heterocycles. The maximum absolute atomic E-state index is 11.6. The molecule has 0 saturated carbocycles. The summed E-state index contributed by atoms with van der Waals surface area (Å²) in [6.07, 6.45) is 0.924. The summed E-state index contributed by atoms with van der Waals surface area (Å²) in [5.41, 5.74) is 0. The van der Waals surface area contributed by atoms with Gasteiger partial charge in [-0.05, 0) is 20.0 Å². The minimum Gasteiger partial charge on any atom is -0.314 e. The topological polar surface area (TPSA) is 49.4 Å². The Hall–Kier alpha value is -0.130. The van der Waals surface area contributed by atoms with Crippen molar-refractivity contribution in [2.75, 3.05) is 45.2 Å². The molecule has 0 aromatic heterocycles. The van der Waals surface area contributed by atoms with E-state index in [0.29, 0.717) is 12.3 Å². The van der Waals surface area contributed by atoms with Crippen molar-refractivity contribution in [3.05, 3.63) is 0 Å². The molecule has 0 aliphatic rings. The Kier molecular flexibility index (Phi) is 7.97. The lowest BCUT2D eigenvalue weighted by molar-refractivity contribution is 0.402. The van der Waals surface area contributed by atoms with Crippen molar-refractivity contribution in [2.24, 2.45) is 5.92 Å². The quantitative estimate of drug-likeness (QED) is 0.609. The van der Waals surface area contributed by atoms with Gasteiger partial charge in [-0.25, -0.2) is 8.42 Å². The minimum atomic E-state index is -2.87. The molecule has 1 atom stereocenters. The molecule has 0 saturated heterocycles. The summed E-state index contributed by atoms with van der Waals surface area (Å²) < 4.78 is 23.3. The van der Waals surface area contributed by atoms with Crippen LogP contribution < -0.4 is 5.32 Å². The van der Waals surface area contributed by atoms with E-state index in [9.17, 15) is 8.42 Å². The van der Waals surface area contributed by atoms with Gasteiger partial charge in [0.2, 0.25) is 0 Å². The van der Waals surface area contributed by atoms with Gasteiger partial charge >= 0.3 is 0 Å². The second kappa shape index (κ2) is 8.03. The Morgan fingerprint density at radius 3 is 2.38 bits per heavy atom. The van der Waals surface area contributed by atoms with Crippen LogP contribution >= 0.6 is 0 Å². The van der Waals surface area contributed by atoms with Gasteiger partial charge in [0.15, 0.2) is 9.84 Å². The second-order valence-electron chi connectivity index (χ2n) is 4.68. The molecule has 0 spiro atoms. The highest BCUT2D eigenvalue weighted by atomic mass is 32.2. The van der Waals surface area contributed by atoms with E-state index in [2.05, 4.69) is 10.2 Å². The van der Waals surface area contributed by atoms with Crippen LogP contribution in [0.5, 0.6) is 0 Å². The highest BCUT2D eigenvalue weighted by molar-refractivity contribution is 7.91. The molecule has 0 bridgehead atoms. The van der Waals surface area contributed by atoms with E-state index in [4.69, 9.17) is 0 Å². The van der Waals surface area contributed by atoms with Crippen molar-refractivity contribution >= 4 is 9.84 Å². The Morgan fingerprint density at radius 1 is 1.25 bits per heavy atom. The van der Waals surface area contributed by atoms with Gasteiger partial charge in [0.1, 0.15) is 0 Å². The summed E-state index contributed by atoms with van der Waals surface area (Å²) in [6, 6.07) is 0. The predicted molar refractivity (Wildman–Crippen MR) is 69.5 cm³/mol. The molecule has 5 heteroatoms. The fourth-order valence-electron chi connectivity index (χ4n) is 1.29. The predicted octanol–water partition coefficient (Wildman–Crippen LogP) is 0.599. The lowest BCUT2D eigenvalue weighted by Gasteiger charge is -2.12. The molecule has 0 rings (SSSR count). The van der Waals surface area contributed by atoms with Gasteiger partial charge in [-0.15, -0.1) is 0 Å². The van der Waals surface area contributed by atoms with Crippen molar-refractivity contribution in [1.82, 2.24) is 10.2 Å². The molecule has 0 aliphatic carbocycles. The highest BCUT2D eigenvalue weighted by Gasteiger charge is 2.13. The molecular weight excluding hydrogens is 224 g/mol. The largest absolute Gasteiger partial charge is 0.314 e. The molecule has 0 amide bonds. The normalized spacial score (nSPS) is 14.3. The van der Waals surface area contributed by atoms with Crippen LogP contribution in [0.15, 0.2) is 0 Å². The SMILES string of the molecule is CCC(C)CS(=O)(=O)CCNCCN(C)C. The van der Waals surface area contributed by atoms with Gasteiger partial charge in [0.05, 0.1) is 11.5 Å². The van der Waals surface area contributed by atoms with Crippen molar-refractivity contribution in [1.29, 1.82) is 0 Å². The monoisotopic (exact) mass is 250 g/mol. The Balaban J connectivity index is 3.67. The minimum absolute atomic E-state index is 0.255. The third kappa shape index (κ3) is 9.12. The number of rotatable bonds is 9. The van der Waals surface area contributed by atoms with E-state index < -0.39 is 9.84 Å². The van der Waals surface area contributed by atoms with Crippen LogP contribution in [0.4, 0.5) is 0 Å². The van der Waals surface area contributed by atoms with Gasteiger partial charge in [-0.1, -0.05) is 20.3 Å². The number of likely N-dealkylation sites (N-methyl/N-ethyl adjacent to an activating group) is 1. The Morgan fingerprint density at radius 2 is 1.88 bits per heavy atom. The lowest BCUT2D eigenvalue weighted by Crippen LogP contribution is -2.31. The molecular formula is C11H26N2O2S. The van der Waals surface area contributed by atoms with E-state index in [1.807, 2.05) is 27.9 Å². The number of nitrogens with zero attached hydrogens (tertiary/aromatic N) is 1. The van der Waals surface area contributed by atoms with E-state index in [1.165, 1.54) is 0 Å². The number of nitrogens with one attached hydrogen (secondary N) is 1. The second-order valence-corrected chi connectivity index (χ2v) is 6.91. The summed E-state index contributed by atoms with van der Waals surface area (Å²) in [5, 5.41) is 3.14. The third-order valence-electron chi connectivity index (χ3n) is 2.56. The van der Waals surface area contributed by atoms with E-state index in [0.717, 1.165) is 19.5 Å². The molecule has 16 heavy (non-hydrogen) atoms. The van der Waals surface area contributed by atoms with Crippen molar-refractivity contribution in [2.45, 2.75) is 20.3 Å². The highest BCUT2D eigenvalue weighted by Crippen LogP contribution is 2.05. The van der Waals surface area contributed by atoms with Crippen LogP contribution in [-0.4, -0.2) is 58.6 Å². The number of hydrogen-bond acceptors (Lipinski definition) is 4. The van der Waals surface area contributed by atoms with Gasteiger partial charge in [-0.3, -0.25) is 0 Å². The first-order chi connectivity index (χ1) is 7.37. The fourth-order valence-corrected chi connectivity index (χ4v) is 3.01. The van der Waals surface area contributed by atoms with Gasteiger partial charge in [-0.2, -0.15) is 0 Å². The molecule has 98 valence electrons. The zero-order valence-electron chi connectivity index (χ0n) is 11.0. The van der Waals surface area contributed by atoms with Gasteiger partial charge in [0, 0.05) is 19.6 Å². The molecule has 0 aromatic carbocycles. The van der Waals surface area contributed by atoms with Gasteiger partial charge < -0.3 is 10.2 Å². The van der Waals surface area contributed by atoms with Crippen molar-refractivity contribution in [3.63, 3.8) is 0 Å². The van der Waals surface area contributed by atoms with E-state index >= 15 is 0 Å². The Bertz CT molecular complexity index is 263. The molecule has 1 unspecified atom stereocenters. The summed E-state index contributed by atoms with van der Waals surface area (Å²) in [7, 11) is 1.13. The molecule has 0 aromatic rings. The maximum Gasteiger partial charge on any atom is 0.151 e. The summed E-state index contributed by atoms with van der Waals surface area (Å²) in [4.78, 5) is 2.07. The Labute approximate surface area is 100 Å². The van der Waals surface area contributed by atoms with Crippen LogP contribution in [0.1, 0.15) is 20.3 Å². The van der Waals surface area contributed by atoms with Crippen LogP contribution in [0, 0.1) is 5.92 Å². The zero-order chi connectivity index (χ0) is 12.6. The van der Waals surface area contributed by atoms with E-state index in [1.54, 1.807) is 0 Å². The first-order valence-corrected chi connectivity index (χ1v) is 7.75. The summed E-state index contributed by atoms with van der Waals surface area (Å²) >= 11 is 0. The molecule has 0 radical (unpaired) electrons. The van der Waals surface area contributed by atoms with Crippen molar-refractivity contribution in [3.8, 4) is 0 Å². The van der Waals surface area contributed by atoms with Crippen LogP contribution in [0.25, 0.3) is 0 Å². The molecule has 4 nitrogen and oxygen atoms in total. The van der Waals surface area contributed by atoms with Gasteiger partial charge in [0.25, 0.3) is 0 Å².